The number of carboxylic acid groups (broad SMARTS) is 1. The van der Waals surface area contributed by atoms with Crippen molar-refractivity contribution in [3.8, 4) is 11.5 Å². The second-order valence-electron chi connectivity index (χ2n) is 4.73. The van der Waals surface area contributed by atoms with Gasteiger partial charge < -0.3 is 20.2 Å². The van der Waals surface area contributed by atoms with Crippen LogP contribution in [0.1, 0.15) is 12.1 Å². The SMILES string of the molecule is O=C(O)CCNC(=O)NCCc1coc(-c2ccc(F)cc2)n1. The van der Waals surface area contributed by atoms with Crippen LogP contribution in [0.4, 0.5) is 9.18 Å². The third-order valence-electron chi connectivity index (χ3n) is 2.93. The monoisotopic (exact) mass is 321 g/mol. The number of amides is 2. The van der Waals surface area contributed by atoms with Gasteiger partial charge in [-0.05, 0) is 24.3 Å². The maximum Gasteiger partial charge on any atom is 0.314 e. The number of carbonyl (C=O) groups excluding carboxylic acids is 1. The maximum atomic E-state index is 12.9. The molecule has 0 spiro atoms. The van der Waals surface area contributed by atoms with E-state index in [1.807, 2.05) is 0 Å². The highest BCUT2D eigenvalue weighted by molar-refractivity contribution is 5.74. The number of aromatic nitrogens is 1. The highest BCUT2D eigenvalue weighted by Gasteiger charge is 2.07. The van der Waals surface area contributed by atoms with Gasteiger partial charge in [0.25, 0.3) is 0 Å². The molecular formula is C15H16FN3O4. The summed E-state index contributed by atoms with van der Waals surface area (Å²) in [6.45, 7) is 0.397. The second-order valence-corrected chi connectivity index (χ2v) is 4.73. The van der Waals surface area contributed by atoms with E-state index in [-0.39, 0.29) is 18.8 Å². The van der Waals surface area contributed by atoms with Gasteiger partial charge in [-0.2, -0.15) is 0 Å². The summed E-state index contributed by atoms with van der Waals surface area (Å²) in [4.78, 5) is 25.9. The van der Waals surface area contributed by atoms with E-state index in [4.69, 9.17) is 9.52 Å². The molecule has 0 radical (unpaired) electrons. The fourth-order valence-electron chi connectivity index (χ4n) is 1.80. The van der Waals surface area contributed by atoms with Gasteiger partial charge >= 0.3 is 12.0 Å². The molecule has 8 heteroatoms. The molecular weight excluding hydrogens is 305 g/mol. The highest BCUT2D eigenvalue weighted by atomic mass is 19.1. The summed E-state index contributed by atoms with van der Waals surface area (Å²) < 4.78 is 18.2. The minimum Gasteiger partial charge on any atom is -0.481 e. The zero-order chi connectivity index (χ0) is 16.7. The van der Waals surface area contributed by atoms with Crippen molar-refractivity contribution in [3.63, 3.8) is 0 Å². The minimum absolute atomic E-state index is 0.0693. The zero-order valence-corrected chi connectivity index (χ0v) is 12.2. The van der Waals surface area contributed by atoms with Gasteiger partial charge in [0.2, 0.25) is 5.89 Å². The predicted molar refractivity (Wildman–Crippen MR) is 79.3 cm³/mol. The topological polar surface area (TPSA) is 104 Å². The van der Waals surface area contributed by atoms with Gasteiger partial charge in [0.05, 0.1) is 12.1 Å². The van der Waals surface area contributed by atoms with Gasteiger partial charge in [0, 0.05) is 25.1 Å². The first-order valence-electron chi connectivity index (χ1n) is 6.98. The number of carbonyl (C=O) groups is 2. The van der Waals surface area contributed by atoms with Gasteiger partial charge in [0.15, 0.2) is 0 Å². The first-order chi connectivity index (χ1) is 11.0. The molecule has 2 rings (SSSR count). The fourth-order valence-corrected chi connectivity index (χ4v) is 1.80. The van der Waals surface area contributed by atoms with Crippen molar-refractivity contribution in [1.82, 2.24) is 15.6 Å². The highest BCUT2D eigenvalue weighted by Crippen LogP contribution is 2.18. The Morgan fingerprint density at radius 3 is 2.57 bits per heavy atom. The summed E-state index contributed by atoms with van der Waals surface area (Å²) in [6, 6.07) is 5.34. The molecule has 1 aromatic heterocycles. The Kier molecular flexibility index (Phi) is 5.67. The van der Waals surface area contributed by atoms with E-state index in [1.165, 1.54) is 18.4 Å². The Hall–Kier alpha value is -2.90. The van der Waals surface area contributed by atoms with Gasteiger partial charge in [-0.15, -0.1) is 0 Å². The van der Waals surface area contributed by atoms with Crippen molar-refractivity contribution in [2.75, 3.05) is 13.1 Å². The van der Waals surface area contributed by atoms with Crippen LogP contribution in [0.15, 0.2) is 34.9 Å². The molecule has 0 atom stereocenters. The molecule has 0 aliphatic rings. The Balaban J connectivity index is 1.75. The fraction of sp³-hybridized carbons (Fsp3) is 0.267. The standard InChI is InChI=1S/C15H16FN3O4/c16-11-3-1-10(2-4-11)14-19-12(9-23-14)5-7-17-15(22)18-8-6-13(20)21/h1-4,9H,5-8H2,(H,20,21)(H2,17,18,22). The van der Waals surface area contributed by atoms with Crippen LogP contribution >= 0.6 is 0 Å². The van der Waals surface area contributed by atoms with Crippen molar-refractivity contribution in [2.45, 2.75) is 12.8 Å². The van der Waals surface area contributed by atoms with Gasteiger partial charge in [-0.1, -0.05) is 0 Å². The molecule has 0 aliphatic carbocycles. The van der Waals surface area contributed by atoms with E-state index >= 15 is 0 Å². The van der Waals surface area contributed by atoms with Crippen molar-refractivity contribution in [3.05, 3.63) is 42.0 Å². The average Bonchev–Trinajstić information content (AvgIpc) is 2.96. The molecule has 23 heavy (non-hydrogen) atoms. The van der Waals surface area contributed by atoms with Crippen LogP contribution in [0.2, 0.25) is 0 Å². The lowest BCUT2D eigenvalue weighted by molar-refractivity contribution is -0.136. The predicted octanol–water partition coefficient (Wildman–Crippen LogP) is 1.80. The second kappa shape index (κ2) is 7.92. The van der Waals surface area contributed by atoms with Crippen molar-refractivity contribution in [1.29, 1.82) is 0 Å². The first-order valence-corrected chi connectivity index (χ1v) is 6.98. The number of hydrogen-bond acceptors (Lipinski definition) is 4. The van der Waals surface area contributed by atoms with E-state index in [9.17, 15) is 14.0 Å². The summed E-state index contributed by atoms with van der Waals surface area (Å²) in [5.41, 5.74) is 1.31. The van der Waals surface area contributed by atoms with Crippen molar-refractivity contribution < 1.29 is 23.5 Å². The lowest BCUT2D eigenvalue weighted by Crippen LogP contribution is -2.37. The number of hydrogen-bond donors (Lipinski definition) is 3. The molecule has 0 aliphatic heterocycles. The number of urea groups is 1. The normalized spacial score (nSPS) is 10.3. The lowest BCUT2D eigenvalue weighted by Gasteiger charge is -2.05. The first kappa shape index (κ1) is 16.5. The van der Waals surface area contributed by atoms with E-state index in [0.717, 1.165) is 0 Å². The van der Waals surface area contributed by atoms with Crippen LogP contribution < -0.4 is 10.6 Å². The summed E-state index contributed by atoms with van der Waals surface area (Å²) in [6.07, 6.45) is 1.80. The molecule has 2 aromatic rings. The number of oxazole rings is 1. The van der Waals surface area contributed by atoms with Crippen molar-refractivity contribution in [2.24, 2.45) is 0 Å². The average molecular weight is 321 g/mol. The number of rotatable bonds is 7. The van der Waals surface area contributed by atoms with Crippen LogP contribution in [-0.2, 0) is 11.2 Å². The van der Waals surface area contributed by atoms with E-state index in [2.05, 4.69) is 15.6 Å². The summed E-state index contributed by atoms with van der Waals surface area (Å²) in [5.74, 6) is -0.925. The van der Waals surface area contributed by atoms with Crippen LogP contribution in [0.25, 0.3) is 11.5 Å². The lowest BCUT2D eigenvalue weighted by atomic mass is 10.2. The number of benzene rings is 1. The molecule has 2 amide bonds. The molecule has 0 unspecified atom stereocenters. The number of nitrogens with one attached hydrogen (secondary N) is 2. The molecule has 1 aromatic carbocycles. The van der Waals surface area contributed by atoms with Crippen LogP contribution in [0, 0.1) is 5.82 Å². The molecule has 1 heterocycles. The van der Waals surface area contributed by atoms with E-state index < -0.39 is 12.0 Å². The molecule has 0 fully saturated rings. The third kappa shape index (κ3) is 5.42. The Bertz CT molecular complexity index is 670. The minimum atomic E-state index is -0.971. The van der Waals surface area contributed by atoms with Gasteiger partial charge in [0.1, 0.15) is 12.1 Å². The molecule has 7 nitrogen and oxygen atoms in total. The number of halogens is 1. The van der Waals surface area contributed by atoms with Crippen molar-refractivity contribution >= 4 is 12.0 Å². The number of carboxylic acids is 1. The quantitative estimate of drug-likeness (QED) is 0.721. The van der Waals surface area contributed by atoms with Crippen LogP contribution in [0.5, 0.6) is 0 Å². The Labute approximate surface area is 131 Å². The molecule has 0 bridgehead atoms. The summed E-state index contributed by atoms with van der Waals surface area (Å²) >= 11 is 0. The number of nitrogens with zero attached hydrogens (tertiary/aromatic N) is 1. The Morgan fingerprint density at radius 1 is 1.17 bits per heavy atom. The molecule has 0 saturated heterocycles. The zero-order valence-electron chi connectivity index (χ0n) is 12.2. The number of aliphatic carboxylic acids is 1. The summed E-state index contributed by atoms with van der Waals surface area (Å²) in [7, 11) is 0. The largest absolute Gasteiger partial charge is 0.481 e. The molecule has 0 saturated carbocycles. The Morgan fingerprint density at radius 2 is 1.87 bits per heavy atom. The van der Waals surface area contributed by atoms with Gasteiger partial charge in [-0.3, -0.25) is 4.79 Å². The maximum absolute atomic E-state index is 12.9. The molecule has 122 valence electrons. The van der Waals surface area contributed by atoms with Crippen LogP contribution in [-0.4, -0.2) is 35.2 Å². The van der Waals surface area contributed by atoms with E-state index in [0.29, 0.717) is 30.1 Å². The summed E-state index contributed by atoms with van der Waals surface area (Å²) in [5, 5.41) is 13.5. The van der Waals surface area contributed by atoms with Crippen LogP contribution in [0.3, 0.4) is 0 Å². The smallest absolute Gasteiger partial charge is 0.314 e. The third-order valence-corrected chi connectivity index (χ3v) is 2.93. The van der Waals surface area contributed by atoms with E-state index in [1.54, 1.807) is 12.1 Å². The van der Waals surface area contributed by atoms with Gasteiger partial charge in [-0.25, -0.2) is 14.2 Å². The molecule has 3 N–H and O–H groups in total.